The maximum absolute atomic E-state index is 11.5. The number of carbonyl (C=O) groups excluding carboxylic acids is 3. The molecule has 0 aromatic carbocycles. The fourth-order valence-corrected chi connectivity index (χ4v) is 1.75. The quantitative estimate of drug-likeness (QED) is 0.122. The molecule has 0 saturated heterocycles. The molecule has 1 amide bonds. The van der Waals surface area contributed by atoms with Crippen LogP contribution in [-0.2, 0) is 33.6 Å². The molecule has 0 bridgehead atoms. The van der Waals surface area contributed by atoms with Gasteiger partial charge in [-0.25, -0.2) is 9.78 Å². The number of carbonyl (C=O) groups is 3. The number of hydrogen-bond acceptors (Lipinski definition) is 7. The lowest BCUT2D eigenvalue weighted by atomic mass is 9.91. The van der Waals surface area contributed by atoms with Crippen LogP contribution in [0, 0.1) is 16.7 Å². The van der Waals surface area contributed by atoms with Crippen molar-refractivity contribution in [2.75, 3.05) is 41.0 Å². The van der Waals surface area contributed by atoms with E-state index in [1.807, 2.05) is 62.3 Å². The number of amides is 1. The molecule has 202 valence electrons. The molecule has 0 aromatic heterocycles. The molecule has 0 heterocycles. The number of ether oxygens (including phenoxy) is 2. The zero-order valence-corrected chi connectivity index (χ0v) is 23.8. The smallest absolute Gasteiger partial charge is 0.311 e. The van der Waals surface area contributed by atoms with Gasteiger partial charge in [-0.05, 0) is 53.9 Å². The molecule has 34 heavy (non-hydrogen) atoms. The molecular weight excluding hydrogens is 438 g/mol. The third kappa shape index (κ3) is 18.5. The first-order valence-electron chi connectivity index (χ1n) is 11.9. The summed E-state index contributed by atoms with van der Waals surface area (Å²) in [6.07, 6.45) is 2.50. The highest BCUT2D eigenvalue weighted by Crippen LogP contribution is 2.21. The summed E-state index contributed by atoms with van der Waals surface area (Å²) in [5.41, 5.74) is 0.136. The fourth-order valence-electron chi connectivity index (χ4n) is 1.75. The minimum atomic E-state index is -0.432. The molecule has 8 nitrogen and oxygen atoms in total. The molecule has 0 radical (unpaired) electrons. The van der Waals surface area contributed by atoms with Crippen LogP contribution < -0.4 is 0 Å². The molecule has 8 heteroatoms. The molecule has 1 atom stereocenters. The predicted molar refractivity (Wildman–Crippen MR) is 136 cm³/mol. The Morgan fingerprint density at radius 2 is 1.35 bits per heavy atom. The van der Waals surface area contributed by atoms with Crippen LogP contribution in [0.25, 0.3) is 0 Å². The second kappa shape index (κ2) is 19.4. The molecule has 0 saturated carbocycles. The topological polar surface area (TPSA) is 91.4 Å². The molecule has 0 spiro atoms. The highest BCUT2D eigenvalue weighted by molar-refractivity contribution is 5.77. The highest BCUT2D eigenvalue weighted by atomic mass is 17.2. The van der Waals surface area contributed by atoms with E-state index in [-0.39, 0.29) is 42.4 Å². The molecule has 0 N–H and O–H groups in total. The number of methoxy groups -OCH3 is 1. The Morgan fingerprint density at radius 3 is 1.65 bits per heavy atom. The van der Waals surface area contributed by atoms with Crippen LogP contribution in [-0.4, -0.2) is 63.8 Å². The first kappa shape index (κ1) is 36.6. The first-order chi connectivity index (χ1) is 15.5. The molecule has 0 aliphatic rings. The summed E-state index contributed by atoms with van der Waals surface area (Å²) in [5.74, 6) is 0.0565. The van der Waals surface area contributed by atoms with Gasteiger partial charge in [-0.2, -0.15) is 0 Å². The average molecular weight is 490 g/mol. The number of rotatable bonds is 12. The Hall–Kier alpha value is -1.93. The lowest BCUT2D eigenvalue weighted by molar-refractivity contribution is -0.292. The Morgan fingerprint density at radius 1 is 0.882 bits per heavy atom. The van der Waals surface area contributed by atoms with Gasteiger partial charge in [-0.3, -0.25) is 14.4 Å². The monoisotopic (exact) mass is 489 g/mol. The largest absolute Gasteiger partial charge is 0.469 e. The van der Waals surface area contributed by atoms with Crippen LogP contribution in [0.3, 0.4) is 0 Å². The normalized spacial score (nSPS) is 11.6. The molecule has 0 aromatic rings. The standard InChI is InChI=1S/C12H22O4.C7H15NO.C7H14O2/c1-6-12(4,5)11(13)14-7-8-15-16-9-10(2)3;1-5-6(2)7(9)8(3)4;1-5-7(2,3)6(8)9-4/h2,6-9H2,1,3-5H3;6H,5H2,1-4H3;5H2,1-4H3. The number of nitrogens with zero attached hydrogens (tertiary/aromatic N) is 1. The van der Waals surface area contributed by atoms with Crippen molar-refractivity contribution >= 4 is 17.8 Å². The van der Waals surface area contributed by atoms with Gasteiger partial charge in [0.15, 0.2) is 0 Å². The second-order valence-electron chi connectivity index (χ2n) is 9.69. The minimum absolute atomic E-state index is 0.134. The fraction of sp³-hybridized carbons (Fsp3) is 0.808. The van der Waals surface area contributed by atoms with E-state index in [2.05, 4.69) is 11.3 Å². The number of esters is 2. The SMILES string of the molecule is C=C(C)COOCCOC(=O)C(C)(C)CC.CCC(C)(C)C(=O)OC.CCC(C)C(=O)N(C)C. The van der Waals surface area contributed by atoms with E-state index in [4.69, 9.17) is 14.5 Å². The van der Waals surface area contributed by atoms with E-state index < -0.39 is 5.41 Å². The van der Waals surface area contributed by atoms with E-state index in [1.54, 1.807) is 19.0 Å². The maximum Gasteiger partial charge on any atom is 0.311 e. The van der Waals surface area contributed by atoms with Gasteiger partial charge >= 0.3 is 11.9 Å². The maximum atomic E-state index is 11.5. The van der Waals surface area contributed by atoms with Crippen molar-refractivity contribution in [3.8, 4) is 0 Å². The van der Waals surface area contributed by atoms with Crippen molar-refractivity contribution in [1.29, 1.82) is 0 Å². The summed E-state index contributed by atoms with van der Waals surface area (Å²) in [7, 11) is 4.99. The van der Waals surface area contributed by atoms with Crippen molar-refractivity contribution in [2.45, 2.75) is 81.6 Å². The third-order valence-electron chi connectivity index (χ3n) is 5.32. The van der Waals surface area contributed by atoms with Crippen molar-refractivity contribution in [1.82, 2.24) is 4.90 Å². The Bertz CT molecular complexity index is 596. The molecule has 0 aliphatic carbocycles. The summed E-state index contributed by atoms with van der Waals surface area (Å²) in [4.78, 5) is 44.6. The van der Waals surface area contributed by atoms with Gasteiger partial charge in [0.05, 0.1) is 17.9 Å². The Balaban J connectivity index is -0.000000457. The van der Waals surface area contributed by atoms with E-state index in [0.29, 0.717) is 6.61 Å². The van der Waals surface area contributed by atoms with Crippen LogP contribution in [0.15, 0.2) is 12.2 Å². The summed E-state index contributed by atoms with van der Waals surface area (Å²) in [6.45, 7) is 21.6. The molecule has 0 fully saturated rings. The average Bonchev–Trinajstić information content (AvgIpc) is 2.79. The first-order valence-corrected chi connectivity index (χ1v) is 11.9. The van der Waals surface area contributed by atoms with Gasteiger partial charge in [-0.1, -0.05) is 39.8 Å². The van der Waals surface area contributed by atoms with Gasteiger partial charge in [0.2, 0.25) is 5.91 Å². The lowest BCUT2D eigenvalue weighted by Gasteiger charge is -2.20. The minimum Gasteiger partial charge on any atom is -0.469 e. The zero-order chi connectivity index (χ0) is 27.5. The van der Waals surface area contributed by atoms with E-state index in [1.165, 1.54) is 7.11 Å². The summed E-state index contributed by atoms with van der Waals surface area (Å²) >= 11 is 0. The zero-order valence-electron chi connectivity index (χ0n) is 23.8. The molecule has 0 aliphatic heterocycles. The third-order valence-corrected chi connectivity index (χ3v) is 5.32. The Labute approximate surface area is 208 Å². The van der Waals surface area contributed by atoms with Gasteiger partial charge in [0.25, 0.3) is 0 Å². The molecule has 1 unspecified atom stereocenters. The lowest BCUT2D eigenvalue weighted by Crippen LogP contribution is -2.27. The van der Waals surface area contributed by atoms with Crippen molar-refractivity contribution in [2.24, 2.45) is 16.7 Å². The van der Waals surface area contributed by atoms with Gasteiger partial charge in [-0.15, -0.1) is 0 Å². The van der Waals surface area contributed by atoms with E-state index in [0.717, 1.165) is 24.8 Å². The van der Waals surface area contributed by atoms with Crippen molar-refractivity contribution < 1.29 is 33.6 Å². The van der Waals surface area contributed by atoms with E-state index >= 15 is 0 Å². The van der Waals surface area contributed by atoms with Gasteiger partial charge in [0, 0.05) is 20.0 Å². The number of hydrogen-bond donors (Lipinski definition) is 0. The van der Waals surface area contributed by atoms with Gasteiger partial charge < -0.3 is 14.4 Å². The van der Waals surface area contributed by atoms with Gasteiger partial charge in [0.1, 0.15) is 19.8 Å². The Kier molecular flexibility index (Phi) is 20.9. The second-order valence-corrected chi connectivity index (χ2v) is 9.69. The van der Waals surface area contributed by atoms with Crippen molar-refractivity contribution in [3.63, 3.8) is 0 Å². The predicted octanol–water partition coefficient (Wildman–Crippen LogP) is 5.21. The van der Waals surface area contributed by atoms with Crippen molar-refractivity contribution in [3.05, 3.63) is 12.2 Å². The van der Waals surface area contributed by atoms with Crippen LogP contribution in [0.5, 0.6) is 0 Å². The van der Waals surface area contributed by atoms with Crippen LogP contribution in [0.4, 0.5) is 0 Å². The summed E-state index contributed by atoms with van der Waals surface area (Å²) in [5, 5.41) is 0. The van der Waals surface area contributed by atoms with Crippen LogP contribution >= 0.6 is 0 Å². The summed E-state index contributed by atoms with van der Waals surface area (Å²) in [6, 6.07) is 0. The van der Waals surface area contributed by atoms with Crippen LogP contribution in [0.1, 0.15) is 81.6 Å². The van der Waals surface area contributed by atoms with Crippen LogP contribution in [0.2, 0.25) is 0 Å². The summed E-state index contributed by atoms with van der Waals surface area (Å²) < 4.78 is 9.61. The molecule has 0 rings (SSSR count). The van der Waals surface area contributed by atoms with E-state index in [9.17, 15) is 14.4 Å². The highest BCUT2D eigenvalue weighted by Gasteiger charge is 2.27. The molecular formula is C26H51NO7.